The van der Waals surface area contributed by atoms with Crippen LogP contribution in [-0.4, -0.2) is 68.5 Å². The summed E-state index contributed by atoms with van der Waals surface area (Å²) in [4.78, 5) is 25.2. The van der Waals surface area contributed by atoms with Crippen LogP contribution in [0.4, 0.5) is 11.5 Å². The Morgan fingerprint density at radius 3 is 2.81 bits per heavy atom. The maximum absolute atomic E-state index is 14.9. The summed E-state index contributed by atoms with van der Waals surface area (Å²) in [5, 5.41) is 5.17. The lowest BCUT2D eigenvalue weighted by Gasteiger charge is -2.46. The lowest BCUT2D eigenvalue weighted by Crippen LogP contribution is -2.49. The van der Waals surface area contributed by atoms with Crippen LogP contribution in [0.1, 0.15) is 60.5 Å². The molecule has 4 aromatic rings. The Morgan fingerprint density at radius 2 is 2.00 bits per heavy atom. The van der Waals surface area contributed by atoms with Crippen LogP contribution in [0.2, 0.25) is 10.3 Å². The molecule has 2 aromatic carbocycles. The molecule has 1 saturated carbocycles. The van der Waals surface area contributed by atoms with E-state index < -0.39 is 15.8 Å². The van der Waals surface area contributed by atoms with E-state index in [0.29, 0.717) is 41.5 Å². The zero-order chi connectivity index (χ0) is 36.2. The molecule has 274 valence electrons. The second-order valence-corrected chi connectivity index (χ2v) is 17.7. The average molecular weight is 765 g/mol. The lowest BCUT2D eigenvalue weighted by molar-refractivity contribution is 0.0131. The van der Waals surface area contributed by atoms with E-state index >= 15 is 0 Å². The monoisotopic (exact) mass is 763 g/mol. The normalized spacial score (nSPS) is 29.6. The number of hydrogen-bond acceptors (Lipinski definition) is 8. The quantitative estimate of drug-likeness (QED) is 0.169. The SMILES string of the molecule is CO[C@H]1/C=C/C[C@H](C)CS(=O)(Nc2nc(Cl)nc3cn(C)nc23)=NC(=O)c2ccc3c(c2)N(C[C@@H]2CC[C@H]21)C[C@@]1(CCCc2cc(Cl)ccc21)CO3. The van der Waals surface area contributed by atoms with Gasteiger partial charge >= 0.3 is 0 Å². The van der Waals surface area contributed by atoms with Gasteiger partial charge in [-0.3, -0.25) is 14.2 Å². The number of benzene rings is 2. The van der Waals surface area contributed by atoms with Gasteiger partial charge in [0.05, 0.1) is 30.3 Å². The maximum Gasteiger partial charge on any atom is 0.286 e. The fourth-order valence-electron chi connectivity index (χ4n) is 8.59. The molecule has 2 aliphatic carbocycles. The topological polar surface area (TPSA) is 124 Å². The van der Waals surface area contributed by atoms with Gasteiger partial charge in [-0.15, -0.1) is 4.36 Å². The van der Waals surface area contributed by atoms with Crippen LogP contribution < -0.4 is 14.4 Å². The number of allylic oxidation sites excluding steroid dienone is 1. The van der Waals surface area contributed by atoms with Crippen LogP contribution in [0, 0.1) is 17.8 Å². The van der Waals surface area contributed by atoms with Gasteiger partial charge in [0.1, 0.15) is 21.2 Å². The van der Waals surface area contributed by atoms with Crippen LogP contribution in [-0.2, 0) is 33.5 Å². The van der Waals surface area contributed by atoms with Gasteiger partial charge < -0.3 is 14.4 Å². The van der Waals surface area contributed by atoms with Crippen molar-refractivity contribution in [3.63, 3.8) is 0 Å². The maximum atomic E-state index is 14.9. The predicted molar refractivity (Wildman–Crippen MR) is 205 cm³/mol. The number of aromatic nitrogens is 4. The van der Waals surface area contributed by atoms with Crippen molar-refractivity contribution in [1.82, 2.24) is 19.7 Å². The Kier molecular flexibility index (Phi) is 9.46. The predicted octanol–water partition coefficient (Wildman–Crippen LogP) is 7.42. The Hall–Kier alpha value is -3.71. The van der Waals surface area contributed by atoms with Gasteiger partial charge in [0.15, 0.2) is 11.3 Å². The van der Waals surface area contributed by atoms with Gasteiger partial charge in [-0.2, -0.15) is 10.1 Å². The van der Waals surface area contributed by atoms with Crippen LogP contribution >= 0.6 is 23.2 Å². The van der Waals surface area contributed by atoms with Gasteiger partial charge in [-0.25, -0.2) is 9.19 Å². The number of anilines is 2. The molecular formula is C38H43Cl2N7O4S. The second-order valence-electron chi connectivity index (χ2n) is 14.9. The minimum absolute atomic E-state index is 0.0336. The Labute approximate surface area is 314 Å². The molecule has 2 aliphatic heterocycles. The standard InChI is InChI=1S/C38H43Cl2N7O4S/c1-23-6-4-8-32(50-3)28-12-9-26(28)18-47-21-38(15-5-7-24-16-27(39)11-13-29(24)38)22-51-33-14-10-25(17-31(33)47)36(48)45-52(49,20-23)44-35-34-30(19-46(2)43-34)41-37(40)42-35/h4,8,10-11,13-14,16-17,19,23,26,28,32H,5-7,9,12,15,18,20-22H2,1-3H3,(H,41,42,44,45,48,49)/b8-4+/t23-,26-,28+,32-,38-,52?/m0/s1. The lowest BCUT2D eigenvalue weighted by atomic mass is 9.68. The highest BCUT2D eigenvalue weighted by molar-refractivity contribution is 7.95. The molecule has 8 rings (SSSR count). The number of rotatable bonds is 3. The first-order valence-electron chi connectivity index (χ1n) is 18.0. The largest absolute Gasteiger partial charge is 0.490 e. The van der Waals surface area contributed by atoms with Crippen molar-refractivity contribution in [2.45, 2.75) is 57.0 Å². The van der Waals surface area contributed by atoms with Crippen molar-refractivity contribution >= 4 is 61.6 Å². The van der Waals surface area contributed by atoms with Gasteiger partial charge in [0.25, 0.3) is 5.91 Å². The Morgan fingerprint density at radius 1 is 1.13 bits per heavy atom. The highest BCUT2D eigenvalue weighted by Crippen LogP contribution is 2.47. The first-order valence-corrected chi connectivity index (χ1v) is 20.4. The smallest absolute Gasteiger partial charge is 0.286 e. The summed E-state index contributed by atoms with van der Waals surface area (Å²) in [7, 11) is 0.0909. The fourth-order valence-corrected chi connectivity index (χ4v) is 10.9. The first kappa shape index (κ1) is 35.3. The molecule has 1 fully saturated rings. The van der Waals surface area contributed by atoms with Crippen LogP contribution in [0.15, 0.2) is 59.1 Å². The van der Waals surface area contributed by atoms with Crippen molar-refractivity contribution in [3.05, 3.63) is 81.7 Å². The minimum Gasteiger partial charge on any atom is -0.490 e. The van der Waals surface area contributed by atoms with Crippen molar-refractivity contribution in [2.75, 3.05) is 42.2 Å². The zero-order valence-electron chi connectivity index (χ0n) is 29.6. The second kappa shape index (κ2) is 13.9. The summed E-state index contributed by atoms with van der Waals surface area (Å²) < 4.78 is 36.6. The number of amides is 1. The molecule has 0 saturated heterocycles. The molecule has 0 radical (unpaired) electrons. The summed E-state index contributed by atoms with van der Waals surface area (Å²) in [6.45, 7) is 4.03. The van der Waals surface area contributed by atoms with E-state index in [0.717, 1.165) is 61.7 Å². The number of nitrogens with zero attached hydrogens (tertiary/aromatic N) is 6. The Balaban J connectivity index is 1.23. The average Bonchev–Trinajstić information content (AvgIpc) is 3.39. The van der Waals surface area contributed by atoms with Crippen LogP contribution in [0.25, 0.3) is 11.0 Å². The molecule has 1 unspecified atom stereocenters. The molecule has 1 spiro atoms. The number of carbonyl (C=O) groups is 1. The summed E-state index contributed by atoms with van der Waals surface area (Å²) in [5.41, 5.74) is 4.33. The molecule has 11 nitrogen and oxygen atoms in total. The van der Waals surface area contributed by atoms with Gasteiger partial charge in [0, 0.05) is 43.2 Å². The summed E-state index contributed by atoms with van der Waals surface area (Å²) in [6, 6.07) is 11.7. The third kappa shape index (κ3) is 6.79. The molecule has 1 amide bonds. The fraction of sp³-hybridized carbons (Fsp3) is 0.474. The number of hydrogen-bond donors (Lipinski definition) is 1. The summed E-state index contributed by atoms with van der Waals surface area (Å²) in [5.74, 6) is 0.999. The third-order valence-corrected chi connectivity index (χ3v) is 13.6. The van der Waals surface area contributed by atoms with Crippen LogP contribution in [0.3, 0.4) is 0 Å². The van der Waals surface area contributed by atoms with Crippen molar-refractivity contribution in [1.29, 1.82) is 0 Å². The molecule has 4 aliphatic rings. The molecule has 2 aromatic heterocycles. The minimum atomic E-state index is -3.44. The van der Waals surface area contributed by atoms with Gasteiger partial charge in [0.2, 0.25) is 5.28 Å². The number of aryl methyl sites for hydroxylation is 2. The number of nitrogens with one attached hydrogen (secondary N) is 1. The third-order valence-electron chi connectivity index (χ3n) is 11.2. The highest BCUT2D eigenvalue weighted by atomic mass is 35.5. The van der Waals surface area contributed by atoms with Crippen molar-refractivity contribution in [3.8, 4) is 5.75 Å². The number of methoxy groups -OCH3 is 1. The molecule has 1 N–H and O–H groups in total. The zero-order valence-corrected chi connectivity index (χ0v) is 31.9. The first-order chi connectivity index (χ1) is 25.0. The number of ether oxygens (including phenoxy) is 2. The van der Waals surface area contributed by atoms with E-state index in [9.17, 15) is 9.00 Å². The number of halogens is 2. The van der Waals surface area contributed by atoms with Crippen molar-refractivity contribution in [2.24, 2.45) is 29.2 Å². The van der Waals surface area contributed by atoms with E-state index in [2.05, 4.69) is 53.3 Å². The molecule has 2 bridgehead atoms. The van der Waals surface area contributed by atoms with Crippen LogP contribution in [0.5, 0.6) is 5.75 Å². The molecular weight excluding hydrogens is 721 g/mol. The molecule has 52 heavy (non-hydrogen) atoms. The van der Waals surface area contributed by atoms with E-state index in [1.165, 1.54) is 11.1 Å². The van der Waals surface area contributed by atoms with Gasteiger partial charge in [-0.1, -0.05) is 36.7 Å². The summed E-state index contributed by atoms with van der Waals surface area (Å²) in [6.07, 6.45) is 11.7. The highest BCUT2D eigenvalue weighted by Gasteiger charge is 2.44. The Bertz CT molecular complexity index is 2200. The summed E-state index contributed by atoms with van der Waals surface area (Å²) >= 11 is 12.7. The van der Waals surface area contributed by atoms with E-state index in [-0.39, 0.29) is 34.3 Å². The van der Waals surface area contributed by atoms with Gasteiger partial charge in [-0.05, 0) is 109 Å². The van der Waals surface area contributed by atoms with E-state index in [1.807, 2.05) is 25.1 Å². The number of carbonyl (C=O) groups excluding carboxylic acids is 1. The number of fused-ring (bicyclic) bond motifs is 5. The van der Waals surface area contributed by atoms with E-state index in [1.54, 1.807) is 31.1 Å². The molecule has 6 atom stereocenters. The molecule has 14 heteroatoms. The van der Waals surface area contributed by atoms with E-state index in [4.69, 9.17) is 32.7 Å². The van der Waals surface area contributed by atoms with Crippen molar-refractivity contribution < 1.29 is 18.5 Å². The molecule has 4 heterocycles.